The number of rotatable bonds is 9. The van der Waals surface area contributed by atoms with Gasteiger partial charge in [-0.15, -0.1) is 0 Å². The van der Waals surface area contributed by atoms with Crippen molar-refractivity contribution < 1.29 is 27.5 Å². The molecule has 0 spiro atoms. The molecule has 1 fully saturated rings. The molecule has 0 unspecified atom stereocenters. The standard InChI is InChI=1S/C36H38N2O6S/c1-24-9-6-10-25(2)34(24)36(40)38-18-17-31(22-38)44-30-14-7-11-26(19-30)23-45(41,42)33-21-28(15-16-32(33)43-5)27-12-8-13-29(20-27)35(39)37(3)4/h6-16,19-21,31H,17-18,22-23H2,1-5H3/t31-/m0/s1. The summed E-state index contributed by atoms with van der Waals surface area (Å²) < 4.78 is 39.2. The second-order valence-electron chi connectivity index (χ2n) is 11.6. The van der Waals surface area contributed by atoms with Gasteiger partial charge >= 0.3 is 0 Å². The van der Waals surface area contributed by atoms with Crippen LogP contribution in [-0.2, 0) is 15.6 Å². The number of methoxy groups -OCH3 is 1. The lowest BCUT2D eigenvalue weighted by Crippen LogP contribution is -2.31. The van der Waals surface area contributed by atoms with Crippen molar-refractivity contribution in [1.82, 2.24) is 9.80 Å². The zero-order valence-corrected chi connectivity index (χ0v) is 27.1. The van der Waals surface area contributed by atoms with Gasteiger partial charge in [-0.3, -0.25) is 9.59 Å². The molecule has 1 heterocycles. The van der Waals surface area contributed by atoms with E-state index in [0.717, 1.165) is 22.3 Å². The lowest BCUT2D eigenvalue weighted by Gasteiger charge is -2.20. The Morgan fingerprint density at radius 1 is 0.889 bits per heavy atom. The van der Waals surface area contributed by atoms with Gasteiger partial charge in [-0.25, -0.2) is 8.42 Å². The number of sulfone groups is 1. The molecule has 0 radical (unpaired) electrons. The van der Waals surface area contributed by atoms with Crippen LogP contribution < -0.4 is 9.47 Å². The van der Waals surface area contributed by atoms with E-state index in [1.54, 1.807) is 74.8 Å². The number of likely N-dealkylation sites (tertiary alicyclic amines) is 1. The van der Waals surface area contributed by atoms with E-state index in [4.69, 9.17) is 9.47 Å². The van der Waals surface area contributed by atoms with E-state index in [2.05, 4.69) is 0 Å². The number of hydrogen-bond acceptors (Lipinski definition) is 6. The monoisotopic (exact) mass is 626 g/mol. The third kappa shape index (κ3) is 7.04. The Labute approximate surface area is 265 Å². The average molecular weight is 627 g/mol. The number of carbonyl (C=O) groups is 2. The van der Waals surface area contributed by atoms with Crippen molar-refractivity contribution in [3.63, 3.8) is 0 Å². The summed E-state index contributed by atoms with van der Waals surface area (Å²) in [7, 11) is 0.971. The van der Waals surface area contributed by atoms with Crippen LogP contribution in [0.4, 0.5) is 0 Å². The van der Waals surface area contributed by atoms with Gasteiger partial charge in [-0.2, -0.15) is 0 Å². The Bertz CT molecular complexity index is 1830. The van der Waals surface area contributed by atoms with Crippen LogP contribution in [0.25, 0.3) is 11.1 Å². The van der Waals surface area contributed by atoms with Gasteiger partial charge in [0.25, 0.3) is 11.8 Å². The molecule has 45 heavy (non-hydrogen) atoms. The maximum atomic E-state index is 13.8. The smallest absolute Gasteiger partial charge is 0.254 e. The molecule has 9 heteroatoms. The molecular formula is C36H38N2O6S. The molecule has 234 valence electrons. The normalized spacial score (nSPS) is 14.7. The first kappa shape index (κ1) is 31.8. The van der Waals surface area contributed by atoms with Gasteiger partial charge in [0.2, 0.25) is 0 Å². The third-order valence-corrected chi connectivity index (χ3v) is 9.74. The molecule has 0 aromatic heterocycles. The molecule has 1 saturated heterocycles. The summed E-state index contributed by atoms with van der Waals surface area (Å²) in [5.41, 5.74) is 5.09. The Hall–Kier alpha value is -4.63. The molecule has 1 aliphatic rings. The molecule has 1 aliphatic heterocycles. The summed E-state index contributed by atoms with van der Waals surface area (Å²) in [5, 5.41) is 0. The maximum absolute atomic E-state index is 13.8. The number of hydrogen-bond donors (Lipinski definition) is 0. The highest BCUT2D eigenvalue weighted by atomic mass is 32.2. The minimum atomic E-state index is -3.84. The number of nitrogens with zero attached hydrogens (tertiary/aromatic N) is 2. The largest absolute Gasteiger partial charge is 0.495 e. The molecule has 8 nitrogen and oxygen atoms in total. The van der Waals surface area contributed by atoms with Crippen LogP contribution in [0.3, 0.4) is 0 Å². The fourth-order valence-electron chi connectivity index (χ4n) is 5.71. The van der Waals surface area contributed by atoms with E-state index < -0.39 is 9.84 Å². The first-order valence-corrected chi connectivity index (χ1v) is 16.5. The van der Waals surface area contributed by atoms with Crippen molar-refractivity contribution in [3.05, 3.63) is 113 Å². The third-order valence-electron chi connectivity index (χ3n) is 8.03. The maximum Gasteiger partial charge on any atom is 0.254 e. The van der Waals surface area contributed by atoms with Crippen molar-refractivity contribution >= 4 is 21.7 Å². The highest BCUT2D eigenvalue weighted by Gasteiger charge is 2.30. The zero-order valence-electron chi connectivity index (χ0n) is 26.2. The lowest BCUT2D eigenvalue weighted by atomic mass is 10.0. The first-order valence-electron chi connectivity index (χ1n) is 14.8. The lowest BCUT2D eigenvalue weighted by molar-refractivity contribution is 0.0770. The average Bonchev–Trinajstić information content (AvgIpc) is 3.48. The molecule has 0 N–H and O–H groups in total. The van der Waals surface area contributed by atoms with Crippen molar-refractivity contribution in [2.45, 2.75) is 37.0 Å². The van der Waals surface area contributed by atoms with Gasteiger partial charge < -0.3 is 19.3 Å². The van der Waals surface area contributed by atoms with E-state index in [1.165, 1.54) is 12.0 Å². The fourth-order valence-corrected chi connectivity index (χ4v) is 7.24. The minimum absolute atomic E-state index is 0.00347. The van der Waals surface area contributed by atoms with Crippen molar-refractivity contribution in [2.75, 3.05) is 34.3 Å². The highest BCUT2D eigenvalue weighted by Crippen LogP contribution is 2.33. The highest BCUT2D eigenvalue weighted by molar-refractivity contribution is 7.90. The quantitative estimate of drug-likeness (QED) is 0.228. The van der Waals surface area contributed by atoms with Gasteiger partial charge in [-0.05, 0) is 78.1 Å². The number of carbonyl (C=O) groups excluding carboxylic acids is 2. The van der Waals surface area contributed by atoms with Crippen molar-refractivity contribution in [1.29, 1.82) is 0 Å². The molecule has 1 atom stereocenters. The topological polar surface area (TPSA) is 93.2 Å². The predicted octanol–water partition coefficient (Wildman–Crippen LogP) is 5.95. The minimum Gasteiger partial charge on any atom is -0.495 e. The second-order valence-corrected chi connectivity index (χ2v) is 13.6. The molecule has 0 aliphatic carbocycles. The van der Waals surface area contributed by atoms with Crippen LogP contribution in [0, 0.1) is 13.8 Å². The Morgan fingerprint density at radius 3 is 2.29 bits per heavy atom. The Kier molecular flexibility index (Phi) is 9.29. The van der Waals surface area contributed by atoms with E-state index >= 15 is 0 Å². The van der Waals surface area contributed by atoms with Crippen molar-refractivity contribution in [2.24, 2.45) is 0 Å². The van der Waals surface area contributed by atoms with Gasteiger partial charge in [-0.1, -0.05) is 48.5 Å². The van der Waals surface area contributed by atoms with Crippen LogP contribution in [0.5, 0.6) is 11.5 Å². The summed E-state index contributed by atoms with van der Waals surface area (Å²) in [4.78, 5) is 29.1. The van der Waals surface area contributed by atoms with Crippen LogP contribution in [0.1, 0.15) is 43.8 Å². The van der Waals surface area contributed by atoms with Gasteiger partial charge in [0.05, 0.1) is 19.4 Å². The van der Waals surface area contributed by atoms with Crippen LogP contribution in [0.2, 0.25) is 0 Å². The molecule has 0 saturated carbocycles. The molecule has 4 aromatic carbocycles. The van der Waals surface area contributed by atoms with E-state index in [-0.39, 0.29) is 34.3 Å². The van der Waals surface area contributed by atoms with Gasteiger partial charge in [0.1, 0.15) is 22.5 Å². The SMILES string of the molecule is COc1ccc(-c2cccc(C(=O)N(C)C)c2)cc1S(=O)(=O)Cc1cccc(O[C@H]2CCN(C(=O)c3c(C)cccc3C)C2)c1. The van der Waals surface area contributed by atoms with Crippen molar-refractivity contribution in [3.8, 4) is 22.6 Å². The molecule has 0 bridgehead atoms. The van der Waals surface area contributed by atoms with Crippen LogP contribution >= 0.6 is 0 Å². The fraction of sp³-hybridized carbons (Fsp3) is 0.278. The summed E-state index contributed by atoms with van der Waals surface area (Å²) in [6, 6.07) is 25.0. The Balaban J connectivity index is 1.32. The summed E-state index contributed by atoms with van der Waals surface area (Å²) in [6.07, 6.45) is 0.488. The Morgan fingerprint density at radius 2 is 1.58 bits per heavy atom. The molecular weight excluding hydrogens is 588 g/mol. The molecule has 4 aromatic rings. The molecule has 2 amide bonds. The first-order chi connectivity index (χ1) is 21.5. The zero-order chi connectivity index (χ0) is 32.3. The summed E-state index contributed by atoms with van der Waals surface area (Å²) >= 11 is 0. The number of ether oxygens (including phenoxy) is 2. The van der Waals surface area contributed by atoms with Gasteiger partial charge in [0.15, 0.2) is 9.84 Å². The summed E-state index contributed by atoms with van der Waals surface area (Å²) in [6.45, 7) is 4.94. The van der Waals surface area contributed by atoms with Crippen LogP contribution in [0.15, 0.2) is 89.8 Å². The second kappa shape index (κ2) is 13.2. The number of aryl methyl sites for hydroxylation is 2. The molecule has 5 rings (SSSR count). The van der Waals surface area contributed by atoms with Crippen LogP contribution in [-0.4, -0.2) is 70.4 Å². The predicted molar refractivity (Wildman–Crippen MR) is 175 cm³/mol. The number of amides is 2. The number of benzene rings is 4. The van der Waals surface area contributed by atoms with E-state index in [1.807, 2.05) is 43.0 Å². The summed E-state index contributed by atoms with van der Waals surface area (Å²) in [5.74, 6) is 0.399. The van der Waals surface area contributed by atoms with E-state index in [9.17, 15) is 18.0 Å². The van der Waals surface area contributed by atoms with E-state index in [0.29, 0.717) is 42.0 Å². The van der Waals surface area contributed by atoms with Gasteiger partial charge in [0, 0.05) is 38.2 Å².